The Morgan fingerprint density at radius 1 is 1.12 bits per heavy atom. The number of rotatable bonds is 9. The summed E-state index contributed by atoms with van der Waals surface area (Å²) in [7, 11) is 0. The number of nitrogens with two attached hydrogens (primary N) is 2. The molecule has 2 heterocycles. The predicted octanol–water partition coefficient (Wildman–Crippen LogP) is 1.89. The highest BCUT2D eigenvalue weighted by Crippen LogP contribution is 2.37. The zero-order chi connectivity index (χ0) is 24.1. The third-order valence-corrected chi connectivity index (χ3v) is 7.06. The number of hydrogen-bond acceptors (Lipinski definition) is 4. The van der Waals surface area contributed by atoms with Crippen LogP contribution in [0.25, 0.3) is 10.8 Å². The molecule has 34 heavy (non-hydrogen) atoms. The number of aliphatic imine (C=N–C) groups is 1. The van der Waals surface area contributed by atoms with Gasteiger partial charge in [0.1, 0.15) is 12.3 Å². The largest absolute Gasteiger partial charge is 0.370 e. The van der Waals surface area contributed by atoms with Crippen molar-refractivity contribution in [1.82, 2.24) is 10.2 Å². The van der Waals surface area contributed by atoms with Gasteiger partial charge in [-0.25, -0.2) is 0 Å². The van der Waals surface area contributed by atoms with E-state index in [1.54, 1.807) is 4.90 Å². The van der Waals surface area contributed by atoms with Crippen LogP contribution in [0.1, 0.15) is 44.1 Å². The van der Waals surface area contributed by atoms with E-state index >= 15 is 0 Å². The zero-order valence-electron chi connectivity index (χ0n) is 19.4. The normalized spacial score (nSPS) is 22.8. The third kappa shape index (κ3) is 5.21. The Kier molecular flexibility index (Phi) is 7.45. The van der Waals surface area contributed by atoms with E-state index in [9.17, 15) is 14.4 Å². The van der Waals surface area contributed by atoms with Gasteiger partial charge in [-0.15, -0.1) is 0 Å². The first-order valence-corrected chi connectivity index (χ1v) is 12.1. The zero-order valence-corrected chi connectivity index (χ0v) is 19.4. The molecule has 0 aliphatic carbocycles. The van der Waals surface area contributed by atoms with E-state index in [0.717, 1.165) is 31.1 Å². The number of nitrogens with one attached hydrogen (secondary N) is 1. The predicted molar refractivity (Wildman–Crippen MR) is 132 cm³/mol. The summed E-state index contributed by atoms with van der Waals surface area (Å²) in [5.41, 5.74) is 11.8. The molecule has 0 spiro atoms. The molecule has 2 amide bonds. The fourth-order valence-electron chi connectivity index (χ4n) is 5.38. The Morgan fingerprint density at radius 2 is 1.88 bits per heavy atom. The number of guanidine groups is 1. The molecule has 0 saturated carbocycles. The topological polar surface area (TPSA) is 131 Å². The molecule has 180 valence electrons. The van der Waals surface area contributed by atoms with Gasteiger partial charge < -0.3 is 26.5 Å². The van der Waals surface area contributed by atoms with Crippen molar-refractivity contribution in [1.29, 1.82) is 0 Å². The average molecular weight is 464 g/mol. The maximum Gasteiger partial charge on any atom is 0.243 e. The number of nitrogens with zero attached hydrogens (tertiary/aromatic N) is 2. The van der Waals surface area contributed by atoms with Gasteiger partial charge in [0.05, 0.1) is 6.04 Å². The van der Waals surface area contributed by atoms with Gasteiger partial charge in [-0.05, 0) is 61.3 Å². The SMILES string of the molecule is NC(N)=NCCCC(C=O)NC(=O)[C@@H]1CC[C@@H]2CC[C@H](Cc3cccc4ccccc34)C(=O)N21. The number of carbonyl (C=O) groups is 3. The molecule has 8 heteroatoms. The molecular weight excluding hydrogens is 430 g/mol. The van der Waals surface area contributed by atoms with Crippen LogP contribution in [0.5, 0.6) is 0 Å². The minimum Gasteiger partial charge on any atom is -0.370 e. The summed E-state index contributed by atoms with van der Waals surface area (Å²) in [6.45, 7) is 0.397. The van der Waals surface area contributed by atoms with Crippen molar-refractivity contribution in [2.24, 2.45) is 22.4 Å². The number of hydrogen-bond donors (Lipinski definition) is 3. The van der Waals surface area contributed by atoms with Gasteiger partial charge in [-0.2, -0.15) is 0 Å². The second-order valence-corrected chi connectivity index (χ2v) is 9.31. The summed E-state index contributed by atoms with van der Waals surface area (Å²) in [4.78, 5) is 43.8. The van der Waals surface area contributed by atoms with Crippen molar-refractivity contribution < 1.29 is 14.4 Å². The highest BCUT2D eigenvalue weighted by molar-refractivity contribution is 5.92. The lowest BCUT2D eigenvalue weighted by Crippen LogP contribution is -2.54. The molecule has 4 atom stereocenters. The van der Waals surface area contributed by atoms with Crippen molar-refractivity contribution in [2.75, 3.05) is 6.54 Å². The fraction of sp³-hybridized carbons (Fsp3) is 0.462. The van der Waals surface area contributed by atoms with Gasteiger partial charge in [-0.3, -0.25) is 14.6 Å². The smallest absolute Gasteiger partial charge is 0.243 e. The van der Waals surface area contributed by atoms with E-state index in [1.807, 2.05) is 18.2 Å². The lowest BCUT2D eigenvalue weighted by Gasteiger charge is -2.38. The molecule has 2 fully saturated rings. The van der Waals surface area contributed by atoms with Crippen LogP contribution in [0.4, 0.5) is 0 Å². The minimum atomic E-state index is -0.618. The van der Waals surface area contributed by atoms with Crippen molar-refractivity contribution in [3.05, 3.63) is 48.0 Å². The lowest BCUT2D eigenvalue weighted by molar-refractivity contribution is -0.147. The van der Waals surface area contributed by atoms with Crippen molar-refractivity contribution >= 4 is 34.8 Å². The van der Waals surface area contributed by atoms with Crippen LogP contribution in [-0.2, 0) is 20.8 Å². The van der Waals surface area contributed by atoms with Crippen molar-refractivity contribution in [3.8, 4) is 0 Å². The average Bonchev–Trinajstić information content (AvgIpc) is 3.28. The van der Waals surface area contributed by atoms with E-state index in [2.05, 4.69) is 34.6 Å². The first-order chi connectivity index (χ1) is 16.5. The number of piperidine rings is 1. The first-order valence-electron chi connectivity index (χ1n) is 12.1. The van der Waals surface area contributed by atoms with Gasteiger partial charge >= 0.3 is 0 Å². The Morgan fingerprint density at radius 3 is 2.68 bits per heavy atom. The summed E-state index contributed by atoms with van der Waals surface area (Å²) >= 11 is 0. The molecule has 1 unspecified atom stereocenters. The fourth-order valence-corrected chi connectivity index (χ4v) is 5.38. The number of benzene rings is 2. The van der Waals surface area contributed by atoms with Gasteiger partial charge in [0, 0.05) is 18.5 Å². The molecule has 0 bridgehead atoms. The van der Waals surface area contributed by atoms with Crippen LogP contribution >= 0.6 is 0 Å². The summed E-state index contributed by atoms with van der Waals surface area (Å²) < 4.78 is 0. The molecule has 2 saturated heterocycles. The quantitative estimate of drug-likeness (QED) is 0.226. The lowest BCUT2D eigenvalue weighted by atomic mass is 9.86. The van der Waals surface area contributed by atoms with Gasteiger partial charge in [0.15, 0.2) is 5.96 Å². The highest BCUT2D eigenvalue weighted by Gasteiger charge is 2.46. The maximum absolute atomic E-state index is 13.5. The number of fused-ring (bicyclic) bond motifs is 2. The molecule has 8 nitrogen and oxygen atoms in total. The van der Waals surface area contributed by atoms with E-state index < -0.39 is 12.1 Å². The van der Waals surface area contributed by atoms with Gasteiger partial charge in [-0.1, -0.05) is 42.5 Å². The monoisotopic (exact) mass is 463 g/mol. The number of amides is 2. The minimum absolute atomic E-state index is 0.00495. The molecule has 2 aliphatic heterocycles. The molecule has 2 aromatic carbocycles. The second-order valence-electron chi connectivity index (χ2n) is 9.31. The van der Waals surface area contributed by atoms with Crippen molar-refractivity contribution in [2.45, 2.75) is 63.1 Å². The maximum atomic E-state index is 13.5. The first kappa shape index (κ1) is 23.7. The Labute approximate surface area is 199 Å². The van der Waals surface area contributed by atoms with E-state index in [-0.39, 0.29) is 29.7 Å². The molecule has 5 N–H and O–H groups in total. The third-order valence-electron chi connectivity index (χ3n) is 7.06. The standard InChI is InChI=1S/C26H33N5O3/c27-26(28)29-14-4-8-20(16-32)30-24(33)23-13-12-21-11-10-19(25(34)31(21)23)15-18-7-3-6-17-5-1-2-9-22(17)18/h1-3,5-7,9,16,19-21,23H,4,8,10-15H2,(H,30,33)(H4,27,28,29)/t19-,20?,21+,23+/m1/s1. The van der Waals surface area contributed by atoms with Crippen LogP contribution in [0.2, 0.25) is 0 Å². The Balaban J connectivity index is 1.41. The summed E-state index contributed by atoms with van der Waals surface area (Å²) in [6.07, 6.45) is 5.61. The molecule has 0 aromatic heterocycles. The molecule has 4 rings (SSSR count). The molecule has 0 radical (unpaired) electrons. The Hall–Kier alpha value is -3.42. The van der Waals surface area contributed by atoms with Crippen LogP contribution in [0.3, 0.4) is 0 Å². The molecular formula is C26H33N5O3. The van der Waals surface area contributed by atoms with Crippen LogP contribution in [0, 0.1) is 5.92 Å². The van der Waals surface area contributed by atoms with Gasteiger partial charge in [0.2, 0.25) is 11.8 Å². The van der Waals surface area contributed by atoms with E-state index in [0.29, 0.717) is 32.2 Å². The van der Waals surface area contributed by atoms with Crippen molar-refractivity contribution in [3.63, 3.8) is 0 Å². The molecule has 2 aliphatic rings. The van der Waals surface area contributed by atoms with Crippen LogP contribution < -0.4 is 16.8 Å². The van der Waals surface area contributed by atoms with Crippen LogP contribution in [-0.4, -0.2) is 53.6 Å². The summed E-state index contributed by atoms with van der Waals surface area (Å²) in [5, 5.41) is 5.16. The van der Waals surface area contributed by atoms with E-state index in [4.69, 9.17) is 11.5 Å². The Bertz CT molecular complexity index is 1080. The summed E-state index contributed by atoms with van der Waals surface area (Å²) in [5.74, 6) is -0.333. The summed E-state index contributed by atoms with van der Waals surface area (Å²) in [6, 6.07) is 13.4. The number of carbonyl (C=O) groups excluding carboxylic acids is 3. The molecule has 2 aromatic rings. The second kappa shape index (κ2) is 10.7. The van der Waals surface area contributed by atoms with E-state index in [1.165, 1.54) is 10.8 Å². The number of aldehydes is 1. The van der Waals surface area contributed by atoms with Crippen LogP contribution in [0.15, 0.2) is 47.5 Å². The van der Waals surface area contributed by atoms with Gasteiger partial charge in [0.25, 0.3) is 0 Å². The highest BCUT2D eigenvalue weighted by atomic mass is 16.2.